The maximum absolute atomic E-state index is 10.9. The summed E-state index contributed by atoms with van der Waals surface area (Å²) in [6, 6.07) is 14.1. The number of methoxy groups -OCH3 is 1. The topological polar surface area (TPSA) is 85.5 Å². The molecule has 2 aromatic heterocycles. The molecule has 2 aliphatic rings. The van der Waals surface area contributed by atoms with E-state index in [2.05, 4.69) is 33.2 Å². The number of aromatic nitrogens is 4. The molecule has 0 spiro atoms. The van der Waals surface area contributed by atoms with Gasteiger partial charge in [0, 0.05) is 55.9 Å². The van der Waals surface area contributed by atoms with Gasteiger partial charge in [-0.05, 0) is 73.7 Å². The minimum atomic E-state index is 0.168. The van der Waals surface area contributed by atoms with E-state index in [9.17, 15) is 5.11 Å². The molecule has 2 aromatic carbocycles. The number of aryl methyl sites for hydroxylation is 1. The van der Waals surface area contributed by atoms with Gasteiger partial charge in [0.1, 0.15) is 17.0 Å². The first-order valence-corrected chi connectivity index (χ1v) is 13.0. The van der Waals surface area contributed by atoms with Crippen molar-refractivity contribution in [2.24, 2.45) is 7.05 Å². The molecule has 2 unspecified atom stereocenters. The highest BCUT2D eigenvalue weighted by Gasteiger charge is 2.36. The first-order chi connectivity index (χ1) is 18.0. The fourth-order valence-corrected chi connectivity index (χ4v) is 5.59. The third-order valence-corrected chi connectivity index (χ3v) is 7.86. The van der Waals surface area contributed by atoms with Gasteiger partial charge in [0.25, 0.3) is 0 Å². The zero-order valence-electron chi connectivity index (χ0n) is 21.6. The van der Waals surface area contributed by atoms with E-state index in [1.54, 1.807) is 17.9 Å². The van der Waals surface area contributed by atoms with Crippen LogP contribution in [-0.4, -0.2) is 68.9 Å². The van der Waals surface area contributed by atoms with Crippen LogP contribution >= 0.6 is 0 Å². The summed E-state index contributed by atoms with van der Waals surface area (Å²) in [5.41, 5.74) is 4.98. The Hall–Kier alpha value is -3.49. The van der Waals surface area contributed by atoms with Crippen LogP contribution in [0.1, 0.15) is 37.8 Å². The molecule has 192 valence electrons. The number of nitrogens with zero attached hydrogens (tertiary/aromatic N) is 5. The molecule has 2 aliphatic heterocycles. The van der Waals surface area contributed by atoms with Gasteiger partial charge in [-0.15, -0.1) is 0 Å². The Labute approximate surface area is 216 Å². The first kappa shape index (κ1) is 23.9. The maximum Gasteiger partial charge on any atom is 0.147 e. The molecule has 6 rings (SSSR count). The third-order valence-electron chi connectivity index (χ3n) is 7.86. The summed E-state index contributed by atoms with van der Waals surface area (Å²) in [4.78, 5) is 2.48. The summed E-state index contributed by atoms with van der Waals surface area (Å²) in [5, 5.41) is 25.3. The Balaban J connectivity index is 1.16. The Morgan fingerprint density at radius 3 is 2.62 bits per heavy atom. The standard InChI is InChI=1S/C29H33N5O3/c1-18(27-6-4-5-11-37-27)34-16-22(17-34)24-9-10-25(31-30-24)23-8-7-19(13-26(23)35)20-12-21-15-33(2)32-29(21)28(14-20)36-3/h7-10,12-15,18,22,27,35H,4-6,11,16-17H2,1-3H3. The summed E-state index contributed by atoms with van der Waals surface area (Å²) in [7, 11) is 3.53. The molecule has 37 heavy (non-hydrogen) atoms. The SMILES string of the molecule is COc1cc(-c2ccc(-c3ccc(C4CN(C(C)C5CCCCO5)C4)nn3)c(O)c2)cc2cn(C)nc12. The Kier molecular flexibility index (Phi) is 6.30. The highest BCUT2D eigenvalue weighted by Crippen LogP contribution is 2.37. The largest absolute Gasteiger partial charge is 0.507 e. The zero-order chi connectivity index (χ0) is 25.5. The predicted octanol–water partition coefficient (Wildman–Crippen LogP) is 4.77. The molecule has 0 saturated carbocycles. The number of phenolic OH excluding ortho intramolecular Hbond substituents is 1. The van der Waals surface area contributed by atoms with Crippen LogP contribution in [0.4, 0.5) is 0 Å². The lowest BCUT2D eigenvalue weighted by Crippen LogP contribution is -2.54. The number of aromatic hydroxyl groups is 1. The van der Waals surface area contributed by atoms with Crippen molar-refractivity contribution in [3.05, 3.63) is 54.4 Å². The van der Waals surface area contributed by atoms with E-state index in [1.165, 1.54) is 12.8 Å². The lowest BCUT2D eigenvalue weighted by molar-refractivity contribution is -0.0562. The van der Waals surface area contributed by atoms with Crippen LogP contribution < -0.4 is 4.74 Å². The fraction of sp³-hybridized carbons (Fsp3) is 0.414. The summed E-state index contributed by atoms with van der Waals surface area (Å²) < 4.78 is 13.3. The highest BCUT2D eigenvalue weighted by molar-refractivity contribution is 5.90. The van der Waals surface area contributed by atoms with Crippen molar-refractivity contribution in [2.45, 2.75) is 44.2 Å². The quantitative estimate of drug-likeness (QED) is 0.409. The summed E-state index contributed by atoms with van der Waals surface area (Å²) >= 11 is 0. The summed E-state index contributed by atoms with van der Waals surface area (Å²) in [5.74, 6) is 1.26. The maximum atomic E-state index is 10.9. The van der Waals surface area contributed by atoms with Crippen LogP contribution in [0.3, 0.4) is 0 Å². The van der Waals surface area contributed by atoms with Crippen LogP contribution in [-0.2, 0) is 11.8 Å². The smallest absolute Gasteiger partial charge is 0.147 e. The summed E-state index contributed by atoms with van der Waals surface area (Å²) in [6.07, 6.45) is 5.91. The second-order valence-corrected chi connectivity index (χ2v) is 10.3. The van der Waals surface area contributed by atoms with Crippen LogP contribution in [0.5, 0.6) is 11.5 Å². The van der Waals surface area contributed by atoms with Crippen molar-refractivity contribution in [2.75, 3.05) is 26.8 Å². The number of hydrogen-bond acceptors (Lipinski definition) is 7. The van der Waals surface area contributed by atoms with Crippen molar-refractivity contribution in [3.8, 4) is 33.9 Å². The molecule has 4 aromatic rings. The Morgan fingerprint density at radius 1 is 1.05 bits per heavy atom. The number of phenols is 1. The van der Waals surface area contributed by atoms with E-state index in [-0.39, 0.29) is 5.75 Å². The molecule has 4 heterocycles. The van der Waals surface area contributed by atoms with Crippen molar-refractivity contribution in [3.63, 3.8) is 0 Å². The average molecular weight is 500 g/mol. The van der Waals surface area contributed by atoms with Crippen LogP contribution in [0, 0.1) is 0 Å². The molecule has 0 radical (unpaired) electrons. The van der Waals surface area contributed by atoms with E-state index in [4.69, 9.17) is 9.47 Å². The van der Waals surface area contributed by atoms with E-state index in [1.807, 2.05) is 43.6 Å². The highest BCUT2D eigenvalue weighted by atomic mass is 16.5. The number of ether oxygens (including phenoxy) is 2. The molecule has 2 saturated heterocycles. The molecule has 0 bridgehead atoms. The normalized spacial score (nSPS) is 19.6. The van der Waals surface area contributed by atoms with Gasteiger partial charge in [0.05, 0.1) is 24.6 Å². The number of rotatable bonds is 6. The molecular formula is C29H33N5O3. The molecule has 0 amide bonds. The number of fused-ring (bicyclic) bond motifs is 1. The lowest BCUT2D eigenvalue weighted by Gasteiger charge is -2.45. The average Bonchev–Trinajstić information content (AvgIpc) is 3.28. The molecule has 8 heteroatoms. The van der Waals surface area contributed by atoms with Crippen molar-refractivity contribution < 1.29 is 14.6 Å². The molecular weight excluding hydrogens is 466 g/mol. The molecule has 1 N–H and O–H groups in total. The zero-order valence-corrected chi connectivity index (χ0v) is 21.6. The first-order valence-electron chi connectivity index (χ1n) is 13.0. The van der Waals surface area contributed by atoms with Crippen LogP contribution in [0.25, 0.3) is 33.3 Å². The minimum Gasteiger partial charge on any atom is -0.507 e. The second-order valence-electron chi connectivity index (χ2n) is 10.3. The second kappa shape index (κ2) is 9.76. The van der Waals surface area contributed by atoms with Gasteiger partial charge >= 0.3 is 0 Å². The van der Waals surface area contributed by atoms with E-state index in [0.717, 1.165) is 53.8 Å². The van der Waals surface area contributed by atoms with E-state index < -0.39 is 0 Å². The molecule has 2 atom stereocenters. The number of likely N-dealkylation sites (tertiary alicyclic amines) is 1. The van der Waals surface area contributed by atoms with Crippen molar-refractivity contribution >= 4 is 10.9 Å². The summed E-state index contributed by atoms with van der Waals surface area (Å²) in [6.45, 7) is 5.14. The van der Waals surface area contributed by atoms with Gasteiger partial charge in [-0.3, -0.25) is 9.58 Å². The van der Waals surface area contributed by atoms with E-state index >= 15 is 0 Å². The molecule has 2 fully saturated rings. The molecule has 0 aliphatic carbocycles. The van der Waals surface area contributed by atoms with Gasteiger partial charge in [-0.25, -0.2) is 0 Å². The van der Waals surface area contributed by atoms with Gasteiger partial charge in [0.2, 0.25) is 0 Å². The van der Waals surface area contributed by atoms with Crippen LogP contribution in [0.15, 0.2) is 48.7 Å². The van der Waals surface area contributed by atoms with Gasteiger partial charge in [0.15, 0.2) is 0 Å². The van der Waals surface area contributed by atoms with Gasteiger partial charge < -0.3 is 14.6 Å². The lowest BCUT2D eigenvalue weighted by atomic mass is 9.91. The number of hydrogen-bond donors (Lipinski definition) is 1. The fourth-order valence-electron chi connectivity index (χ4n) is 5.59. The van der Waals surface area contributed by atoms with Crippen LogP contribution in [0.2, 0.25) is 0 Å². The van der Waals surface area contributed by atoms with Gasteiger partial charge in [-0.2, -0.15) is 15.3 Å². The van der Waals surface area contributed by atoms with Gasteiger partial charge in [-0.1, -0.05) is 6.07 Å². The monoisotopic (exact) mass is 499 g/mol. The Bertz CT molecular complexity index is 1410. The van der Waals surface area contributed by atoms with Crippen molar-refractivity contribution in [1.82, 2.24) is 24.9 Å². The van der Waals surface area contributed by atoms with E-state index in [0.29, 0.717) is 35.1 Å². The Morgan fingerprint density at radius 2 is 1.92 bits per heavy atom. The van der Waals surface area contributed by atoms with Crippen molar-refractivity contribution in [1.29, 1.82) is 0 Å². The number of benzene rings is 2. The minimum absolute atomic E-state index is 0.168. The molecule has 8 nitrogen and oxygen atoms in total. The third kappa shape index (κ3) is 4.55. The predicted molar refractivity (Wildman–Crippen MR) is 143 cm³/mol.